The van der Waals surface area contributed by atoms with Crippen LogP contribution in [0.25, 0.3) is 0 Å². The van der Waals surface area contributed by atoms with Crippen LogP contribution in [-0.4, -0.2) is 27.8 Å². The van der Waals surface area contributed by atoms with E-state index in [1.807, 2.05) is 27.7 Å². The molecule has 0 saturated carbocycles. The number of rotatable bonds is 6. The molecule has 0 aliphatic heterocycles. The van der Waals surface area contributed by atoms with Crippen molar-refractivity contribution in [2.45, 2.75) is 47.1 Å². The Bertz CT molecular complexity index is 463. The topological polar surface area (TPSA) is 64.0 Å². The van der Waals surface area contributed by atoms with Gasteiger partial charge in [0, 0.05) is 26.1 Å². The summed E-state index contributed by atoms with van der Waals surface area (Å²) in [5, 5.41) is 2.90. The molecule has 0 aliphatic rings. The third kappa shape index (κ3) is 3.91. The third-order valence-electron chi connectivity index (χ3n) is 2.97. The molecule has 0 spiro atoms. The van der Waals surface area contributed by atoms with Gasteiger partial charge < -0.3 is 9.88 Å². The van der Waals surface area contributed by atoms with Crippen LogP contribution in [0.4, 0.5) is 0 Å². The summed E-state index contributed by atoms with van der Waals surface area (Å²) in [6.45, 7) is 10.0. The van der Waals surface area contributed by atoms with Crippen LogP contribution in [0.2, 0.25) is 0 Å². The van der Waals surface area contributed by atoms with Gasteiger partial charge in [-0.15, -0.1) is 0 Å². The van der Waals surface area contributed by atoms with Gasteiger partial charge in [0.25, 0.3) is 0 Å². The van der Waals surface area contributed by atoms with Crippen molar-refractivity contribution < 1.29 is 9.59 Å². The molecule has 1 aromatic heterocycles. The Morgan fingerprint density at radius 1 is 1.37 bits per heavy atom. The van der Waals surface area contributed by atoms with E-state index in [1.54, 1.807) is 10.8 Å². The number of imidazole rings is 1. The van der Waals surface area contributed by atoms with Gasteiger partial charge in [0.05, 0.1) is 0 Å². The Labute approximate surface area is 114 Å². The molecule has 5 nitrogen and oxygen atoms in total. The molecule has 0 bridgehead atoms. The number of nitrogens with one attached hydrogen (secondary N) is 1. The highest BCUT2D eigenvalue weighted by Crippen LogP contribution is 2.13. The molecule has 1 rings (SSSR count). The molecule has 5 heteroatoms. The lowest BCUT2D eigenvalue weighted by Gasteiger charge is -2.16. The standard InChI is InChI=1S/C14H23N3O2/c1-6-13-16-12(11(5)18)8-17(13)10(4)14(19)15-7-9(2)3/h8-10H,6-7H2,1-5H3,(H,15,19). The smallest absolute Gasteiger partial charge is 0.242 e. The lowest BCUT2D eigenvalue weighted by Crippen LogP contribution is -2.33. The minimum atomic E-state index is -0.353. The minimum absolute atomic E-state index is 0.0455. The molecule has 0 radical (unpaired) electrons. The number of ketones is 1. The average Bonchev–Trinajstić information content (AvgIpc) is 2.79. The van der Waals surface area contributed by atoms with Crippen molar-refractivity contribution >= 4 is 11.7 Å². The summed E-state index contributed by atoms with van der Waals surface area (Å²) in [6.07, 6.45) is 2.36. The Hall–Kier alpha value is -1.65. The maximum Gasteiger partial charge on any atom is 0.242 e. The third-order valence-corrected chi connectivity index (χ3v) is 2.97. The first-order valence-corrected chi connectivity index (χ1v) is 6.73. The maximum absolute atomic E-state index is 12.1. The summed E-state index contributed by atoms with van der Waals surface area (Å²) in [7, 11) is 0. The van der Waals surface area contributed by atoms with Crippen molar-refractivity contribution in [1.82, 2.24) is 14.9 Å². The largest absolute Gasteiger partial charge is 0.354 e. The van der Waals surface area contributed by atoms with Gasteiger partial charge in [-0.1, -0.05) is 20.8 Å². The Morgan fingerprint density at radius 2 is 2.00 bits per heavy atom. The molecule has 0 fully saturated rings. The van der Waals surface area contributed by atoms with Crippen molar-refractivity contribution in [2.24, 2.45) is 5.92 Å². The van der Waals surface area contributed by atoms with Gasteiger partial charge in [0.1, 0.15) is 17.6 Å². The monoisotopic (exact) mass is 265 g/mol. The molecule has 1 N–H and O–H groups in total. The normalized spacial score (nSPS) is 12.5. The number of carbonyl (C=O) groups excluding carboxylic acids is 2. The van der Waals surface area contributed by atoms with Crippen molar-refractivity contribution in [1.29, 1.82) is 0 Å². The van der Waals surface area contributed by atoms with Crippen molar-refractivity contribution in [2.75, 3.05) is 6.54 Å². The Balaban J connectivity index is 2.88. The van der Waals surface area contributed by atoms with Gasteiger partial charge in [-0.2, -0.15) is 0 Å². The number of amides is 1. The molecule has 1 atom stereocenters. The first-order chi connectivity index (χ1) is 8.86. The number of nitrogens with zero attached hydrogens (tertiary/aromatic N) is 2. The van der Waals surface area contributed by atoms with E-state index in [9.17, 15) is 9.59 Å². The number of aryl methyl sites for hydroxylation is 1. The molecule has 19 heavy (non-hydrogen) atoms. The van der Waals surface area contributed by atoms with Crippen LogP contribution < -0.4 is 5.32 Å². The highest BCUT2D eigenvalue weighted by atomic mass is 16.2. The van der Waals surface area contributed by atoms with E-state index in [0.29, 0.717) is 24.6 Å². The first-order valence-electron chi connectivity index (χ1n) is 6.73. The zero-order valence-electron chi connectivity index (χ0n) is 12.4. The number of hydrogen-bond donors (Lipinski definition) is 1. The molecular weight excluding hydrogens is 242 g/mol. The lowest BCUT2D eigenvalue weighted by atomic mass is 10.2. The second kappa shape index (κ2) is 6.50. The van der Waals surface area contributed by atoms with Crippen molar-refractivity contribution in [3.05, 3.63) is 17.7 Å². The van der Waals surface area contributed by atoms with Gasteiger partial charge in [-0.05, 0) is 12.8 Å². The van der Waals surface area contributed by atoms with Crippen LogP contribution in [0.3, 0.4) is 0 Å². The molecular formula is C14H23N3O2. The average molecular weight is 265 g/mol. The van der Waals surface area contributed by atoms with Gasteiger partial charge in [-0.25, -0.2) is 4.98 Å². The van der Waals surface area contributed by atoms with Crippen LogP contribution in [-0.2, 0) is 11.2 Å². The first kappa shape index (κ1) is 15.4. The molecule has 1 heterocycles. The molecule has 1 amide bonds. The fourth-order valence-electron chi connectivity index (χ4n) is 1.78. The summed E-state index contributed by atoms with van der Waals surface area (Å²) < 4.78 is 1.78. The zero-order valence-corrected chi connectivity index (χ0v) is 12.4. The number of carbonyl (C=O) groups is 2. The predicted molar refractivity (Wildman–Crippen MR) is 74.2 cm³/mol. The number of Topliss-reactive ketones (excluding diaryl/α,β-unsaturated/α-hetero) is 1. The summed E-state index contributed by atoms with van der Waals surface area (Å²) >= 11 is 0. The van der Waals surface area contributed by atoms with E-state index in [2.05, 4.69) is 10.3 Å². The van der Waals surface area contributed by atoms with E-state index >= 15 is 0 Å². The molecule has 0 aliphatic carbocycles. The van der Waals surface area contributed by atoms with Crippen LogP contribution in [0.1, 0.15) is 57.0 Å². The maximum atomic E-state index is 12.1. The van der Waals surface area contributed by atoms with Gasteiger partial charge in [0.15, 0.2) is 5.78 Å². The second-order valence-corrected chi connectivity index (χ2v) is 5.17. The number of aromatic nitrogens is 2. The molecule has 0 aromatic carbocycles. The molecule has 106 valence electrons. The van der Waals surface area contributed by atoms with E-state index < -0.39 is 0 Å². The van der Waals surface area contributed by atoms with E-state index in [4.69, 9.17) is 0 Å². The zero-order chi connectivity index (χ0) is 14.6. The number of hydrogen-bond acceptors (Lipinski definition) is 3. The lowest BCUT2D eigenvalue weighted by molar-refractivity contribution is -0.124. The van der Waals surface area contributed by atoms with Crippen molar-refractivity contribution in [3.8, 4) is 0 Å². The highest BCUT2D eigenvalue weighted by Gasteiger charge is 2.19. The van der Waals surface area contributed by atoms with E-state index in [0.717, 1.165) is 5.82 Å². The summed E-state index contributed by atoms with van der Waals surface area (Å²) in [5.74, 6) is 1.05. The van der Waals surface area contributed by atoms with Gasteiger partial charge >= 0.3 is 0 Å². The Kier molecular flexibility index (Phi) is 5.27. The van der Waals surface area contributed by atoms with Crippen LogP contribution in [0, 0.1) is 5.92 Å². The van der Waals surface area contributed by atoms with Gasteiger partial charge in [0.2, 0.25) is 5.91 Å². The van der Waals surface area contributed by atoms with Crippen LogP contribution in [0.5, 0.6) is 0 Å². The fourth-order valence-corrected chi connectivity index (χ4v) is 1.78. The molecule has 0 saturated heterocycles. The SMILES string of the molecule is CCc1nc(C(C)=O)cn1C(C)C(=O)NCC(C)C. The van der Waals surface area contributed by atoms with Gasteiger partial charge in [-0.3, -0.25) is 9.59 Å². The van der Waals surface area contributed by atoms with Crippen LogP contribution >= 0.6 is 0 Å². The highest BCUT2D eigenvalue weighted by molar-refractivity contribution is 5.92. The minimum Gasteiger partial charge on any atom is -0.354 e. The molecule has 1 unspecified atom stereocenters. The summed E-state index contributed by atoms with van der Waals surface area (Å²) in [6, 6.07) is -0.353. The van der Waals surface area contributed by atoms with Crippen molar-refractivity contribution in [3.63, 3.8) is 0 Å². The van der Waals surface area contributed by atoms with Crippen LogP contribution in [0.15, 0.2) is 6.20 Å². The fraction of sp³-hybridized carbons (Fsp3) is 0.643. The predicted octanol–water partition coefficient (Wildman–Crippen LogP) is 1.98. The summed E-state index contributed by atoms with van der Waals surface area (Å²) in [4.78, 5) is 27.7. The van der Waals surface area contributed by atoms with E-state index in [-0.39, 0.29) is 17.7 Å². The quantitative estimate of drug-likeness (QED) is 0.800. The molecule has 1 aromatic rings. The van der Waals surface area contributed by atoms with E-state index in [1.165, 1.54) is 6.92 Å². The second-order valence-electron chi connectivity index (χ2n) is 5.17. The summed E-state index contributed by atoms with van der Waals surface area (Å²) in [5.41, 5.74) is 0.417. The Morgan fingerprint density at radius 3 is 2.47 bits per heavy atom.